The quantitative estimate of drug-likeness (QED) is 0.785. The normalized spacial score (nSPS) is 31.8. The van der Waals surface area contributed by atoms with Gasteiger partial charge in [0, 0.05) is 37.3 Å². The van der Waals surface area contributed by atoms with Gasteiger partial charge in [-0.1, -0.05) is 18.1 Å². The number of anilines is 1. The first-order chi connectivity index (χ1) is 10.3. The van der Waals surface area contributed by atoms with Crippen LogP contribution in [-0.2, 0) is 10.2 Å². The number of piperidine rings is 1. The third kappa shape index (κ3) is 2.23. The van der Waals surface area contributed by atoms with Crippen LogP contribution in [0.2, 0.25) is 0 Å². The molecule has 2 aliphatic heterocycles. The van der Waals surface area contributed by atoms with E-state index in [9.17, 15) is 0 Å². The van der Waals surface area contributed by atoms with Crippen LogP contribution in [0, 0.1) is 18.3 Å². The van der Waals surface area contributed by atoms with Crippen molar-refractivity contribution in [1.29, 1.82) is 0 Å². The molecule has 3 fully saturated rings. The Morgan fingerprint density at radius 2 is 2.00 bits per heavy atom. The molecule has 1 saturated carbocycles. The third-order valence-electron chi connectivity index (χ3n) is 5.35. The van der Waals surface area contributed by atoms with E-state index < -0.39 is 0 Å². The van der Waals surface area contributed by atoms with Crippen LogP contribution in [-0.4, -0.2) is 50.8 Å². The van der Waals surface area contributed by atoms with Gasteiger partial charge in [0.05, 0.1) is 19.8 Å². The van der Waals surface area contributed by atoms with Crippen molar-refractivity contribution in [3.8, 4) is 12.3 Å². The standard InChI is InChI=1S/C18H22N2O/c1-2-7-19-13-16-12-18(16,14-19)15-3-5-17(6-4-15)20-8-10-21-11-9-20/h1,3-6,16H,7-14H2. The van der Waals surface area contributed by atoms with Gasteiger partial charge < -0.3 is 9.64 Å². The molecule has 0 N–H and O–H groups in total. The summed E-state index contributed by atoms with van der Waals surface area (Å²) in [5, 5.41) is 0. The minimum atomic E-state index is 0.403. The van der Waals surface area contributed by atoms with Crippen LogP contribution < -0.4 is 4.90 Å². The molecule has 0 bridgehead atoms. The molecule has 2 atom stereocenters. The Kier molecular flexibility index (Phi) is 3.17. The first-order valence-corrected chi connectivity index (χ1v) is 7.91. The zero-order chi connectivity index (χ0) is 14.3. The van der Waals surface area contributed by atoms with Crippen LogP contribution >= 0.6 is 0 Å². The topological polar surface area (TPSA) is 15.7 Å². The largest absolute Gasteiger partial charge is 0.378 e. The van der Waals surface area contributed by atoms with Gasteiger partial charge in [0.25, 0.3) is 0 Å². The number of likely N-dealkylation sites (tertiary alicyclic amines) is 1. The molecular formula is C18H22N2O. The Balaban J connectivity index is 1.49. The highest BCUT2D eigenvalue weighted by atomic mass is 16.5. The maximum absolute atomic E-state index is 5.45. The summed E-state index contributed by atoms with van der Waals surface area (Å²) in [6.45, 7) is 6.80. The number of morpholine rings is 1. The molecule has 3 nitrogen and oxygen atoms in total. The van der Waals surface area contributed by atoms with Crippen molar-refractivity contribution in [3.05, 3.63) is 29.8 Å². The fourth-order valence-electron chi connectivity index (χ4n) is 4.11. The molecule has 21 heavy (non-hydrogen) atoms. The van der Waals surface area contributed by atoms with Gasteiger partial charge >= 0.3 is 0 Å². The summed E-state index contributed by atoms with van der Waals surface area (Å²) < 4.78 is 5.42. The molecule has 0 radical (unpaired) electrons. The second kappa shape index (κ2) is 5.05. The molecule has 1 aromatic rings. The van der Waals surface area contributed by atoms with E-state index >= 15 is 0 Å². The average molecular weight is 282 g/mol. The predicted octanol–water partition coefficient (Wildman–Crippen LogP) is 1.73. The Hall–Kier alpha value is -1.50. The lowest BCUT2D eigenvalue weighted by Gasteiger charge is -2.29. The van der Waals surface area contributed by atoms with Crippen LogP contribution in [0.5, 0.6) is 0 Å². The monoisotopic (exact) mass is 282 g/mol. The molecule has 2 saturated heterocycles. The molecule has 0 amide bonds. The van der Waals surface area contributed by atoms with E-state index in [0.717, 1.165) is 45.3 Å². The zero-order valence-corrected chi connectivity index (χ0v) is 12.4. The van der Waals surface area contributed by atoms with Gasteiger partial charge in [0.15, 0.2) is 0 Å². The molecule has 2 unspecified atom stereocenters. The second-order valence-corrected chi connectivity index (χ2v) is 6.58. The van der Waals surface area contributed by atoms with Crippen molar-refractivity contribution in [2.24, 2.45) is 5.92 Å². The molecular weight excluding hydrogens is 260 g/mol. The van der Waals surface area contributed by atoms with Crippen molar-refractivity contribution in [2.45, 2.75) is 11.8 Å². The highest BCUT2D eigenvalue weighted by Crippen LogP contribution is 2.58. The maximum Gasteiger partial charge on any atom is 0.0642 e. The Labute approximate surface area is 126 Å². The number of hydrogen-bond acceptors (Lipinski definition) is 3. The fourth-order valence-corrected chi connectivity index (χ4v) is 4.11. The van der Waals surface area contributed by atoms with Crippen LogP contribution in [0.4, 0.5) is 5.69 Å². The van der Waals surface area contributed by atoms with E-state index in [1.54, 1.807) is 0 Å². The Morgan fingerprint density at radius 3 is 2.71 bits per heavy atom. The van der Waals surface area contributed by atoms with Gasteiger partial charge in [-0.05, 0) is 30.0 Å². The number of nitrogens with zero attached hydrogens (tertiary/aromatic N) is 2. The van der Waals surface area contributed by atoms with Crippen molar-refractivity contribution in [3.63, 3.8) is 0 Å². The van der Waals surface area contributed by atoms with Crippen LogP contribution in [0.3, 0.4) is 0 Å². The summed E-state index contributed by atoms with van der Waals surface area (Å²) in [7, 11) is 0. The summed E-state index contributed by atoms with van der Waals surface area (Å²) >= 11 is 0. The molecule has 4 rings (SSSR count). The summed E-state index contributed by atoms with van der Waals surface area (Å²) in [5.74, 6) is 3.60. The van der Waals surface area contributed by atoms with Gasteiger partial charge in [-0.25, -0.2) is 0 Å². The van der Waals surface area contributed by atoms with Gasteiger partial charge in [-0.3, -0.25) is 4.90 Å². The number of terminal acetylenes is 1. The highest BCUT2D eigenvalue weighted by Gasteiger charge is 2.60. The van der Waals surface area contributed by atoms with Crippen LogP contribution in [0.25, 0.3) is 0 Å². The van der Waals surface area contributed by atoms with Crippen molar-refractivity contribution in [1.82, 2.24) is 4.90 Å². The molecule has 3 aliphatic rings. The maximum atomic E-state index is 5.45. The van der Waals surface area contributed by atoms with Crippen LogP contribution in [0.1, 0.15) is 12.0 Å². The van der Waals surface area contributed by atoms with Crippen molar-refractivity contribution in [2.75, 3.05) is 50.8 Å². The van der Waals surface area contributed by atoms with Gasteiger partial charge in [-0.2, -0.15) is 0 Å². The first kappa shape index (κ1) is 13.2. The summed E-state index contributed by atoms with van der Waals surface area (Å²) in [4.78, 5) is 4.83. The van der Waals surface area contributed by atoms with Gasteiger partial charge in [0.2, 0.25) is 0 Å². The van der Waals surface area contributed by atoms with E-state index in [1.165, 1.54) is 24.2 Å². The zero-order valence-electron chi connectivity index (χ0n) is 12.4. The molecule has 0 aromatic heterocycles. The third-order valence-corrected chi connectivity index (χ3v) is 5.35. The van der Waals surface area contributed by atoms with E-state index in [-0.39, 0.29) is 0 Å². The van der Waals surface area contributed by atoms with E-state index in [2.05, 4.69) is 40.0 Å². The number of fused-ring (bicyclic) bond motifs is 1. The summed E-state index contributed by atoms with van der Waals surface area (Å²) in [6.07, 6.45) is 6.78. The van der Waals surface area contributed by atoms with Gasteiger partial charge in [0.1, 0.15) is 0 Å². The second-order valence-electron chi connectivity index (χ2n) is 6.58. The fraction of sp³-hybridized carbons (Fsp3) is 0.556. The van der Waals surface area contributed by atoms with E-state index in [0.29, 0.717) is 5.41 Å². The smallest absolute Gasteiger partial charge is 0.0642 e. The average Bonchev–Trinajstić information content (AvgIpc) is 3.11. The highest BCUT2D eigenvalue weighted by molar-refractivity contribution is 5.51. The molecule has 3 heteroatoms. The minimum Gasteiger partial charge on any atom is -0.378 e. The van der Waals surface area contributed by atoms with Crippen molar-refractivity contribution >= 4 is 5.69 Å². The van der Waals surface area contributed by atoms with Crippen molar-refractivity contribution < 1.29 is 4.74 Å². The molecule has 0 spiro atoms. The first-order valence-electron chi connectivity index (χ1n) is 7.91. The SMILES string of the molecule is C#CCN1CC2CC2(c2ccc(N3CCOCC3)cc2)C1. The number of benzene rings is 1. The predicted molar refractivity (Wildman–Crippen MR) is 84.5 cm³/mol. The molecule has 2 heterocycles. The molecule has 1 aliphatic carbocycles. The Morgan fingerprint density at radius 1 is 1.24 bits per heavy atom. The number of rotatable bonds is 3. The number of hydrogen-bond donors (Lipinski definition) is 0. The lowest BCUT2D eigenvalue weighted by Crippen LogP contribution is -2.36. The summed E-state index contributed by atoms with van der Waals surface area (Å²) in [6, 6.07) is 9.25. The van der Waals surface area contributed by atoms with E-state index in [4.69, 9.17) is 11.2 Å². The minimum absolute atomic E-state index is 0.403. The summed E-state index contributed by atoms with van der Waals surface area (Å²) in [5.41, 5.74) is 3.23. The molecule has 1 aromatic carbocycles. The van der Waals surface area contributed by atoms with E-state index in [1.807, 2.05) is 0 Å². The van der Waals surface area contributed by atoms with Gasteiger partial charge in [-0.15, -0.1) is 6.42 Å². The lowest BCUT2D eigenvalue weighted by molar-refractivity contribution is 0.122. The molecule has 110 valence electrons. The number of ether oxygens (including phenoxy) is 1. The van der Waals surface area contributed by atoms with Crippen LogP contribution in [0.15, 0.2) is 24.3 Å². The Bertz CT molecular complexity index is 556. The lowest BCUT2D eigenvalue weighted by atomic mass is 9.94.